The summed E-state index contributed by atoms with van der Waals surface area (Å²) in [6.45, 7) is 4.91. The van der Waals surface area contributed by atoms with Crippen LogP contribution >= 0.6 is 23.4 Å². The van der Waals surface area contributed by atoms with Gasteiger partial charge < -0.3 is 10.2 Å². The predicted octanol–water partition coefficient (Wildman–Crippen LogP) is 4.67. The van der Waals surface area contributed by atoms with Crippen LogP contribution < -0.4 is 10.2 Å². The fraction of sp³-hybridized carbons (Fsp3) is 0.462. The Kier molecular flexibility index (Phi) is 7.79. The van der Waals surface area contributed by atoms with E-state index in [2.05, 4.69) is 20.4 Å². The molecule has 15 heteroatoms. The molecule has 41 heavy (non-hydrogen) atoms. The summed E-state index contributed by atoms with van der Waals surface area (Å²) in [5, 5.41) is 5.69. The van der Waals surface area contributed by atoms with E-state index in [-0.39, 0.29) is 33.8 Å². The zero-order chi connectivity index (χ0) is 29.9. The number of aryl methyl sites for hydroxylation is 2. The molecular formula is C26H28ClF3N6O3S2. The highest BCUT2D eigenvalue weighted by Gasteiger charge is 2.40. The van der Waals surface area contributed by atoms with Crippen LogP contribution in [0.1, 0.15) is 61.4 Å². The second kappa shape index (κ2) is 10.8. The van der Waals surface area contributed by atoms with Crippen molar-refractivity contribution in [3.8, 4) is 0 Å². The molecule has 5 rings (SSSR count). The number of amides is 1. The number of hydrogen-bond acceptors (Lipinski definition) is 8. The minimum Gasteiger partial charge on any atom is -0.354 e. The van der Waals surface area contributed by atoms with E-state index in [9.17, 15) is 26.4 Å². The smallest absolute Gasteiger partial charge is 0.354 e. The Balaban J connectivity index is 1.59. The molecule has 1 amide bonds. The highest BCUT2D eigenvalue weighted by molar-refractivity contribution is 7.98. The first-order valence-corrected chi connectivity index (χ1v) is 16.1. The number of alkyl halides is 3. The van der Waals surface area contributed by atoms with Crippen molar-refractivity contribution < 1.29 is 26.4 Å². The number of halogens is 4. The van der Waals surface area contributed by atoms with Gasteiger partial charge in [0.15, 0.2) is 5.69 Å². The molecule has 2 aliphatic heterocycles. The summed E-state index contributed by atoms with van der Waals surface area (Å²) in [7, 11) is -2.31. The van der Waals surface area contributed by atoms with E-state index < -0.39 is 26.8 Å². The van der Waals surface area contributed by atoms with E-state index in [1.807, 2.05) is 11.8 Å². The first-order chi connectivity index (χ1) is 19.2. The number of benzene rings is 1. The maximum absolute atomic E-state index is 14.0. The molecule has 0 fully saturated rings. The fourth-order valence-electron chi connectivity index (χ4n) is 5.34. The Bertz CT molecular complexity index is 1660. The number of rotatable bonds is 4. The normalized spacial score (nSPS) is 17.6. The summed E-state index contributed by atoms with van der Waals surface area (Å²) >= 11 is 7.40. The van der Waals surface area contributed by atoms with Gasteiger partial charge >= 0.3 is 6.18 Å². The lowest BCUT2D eigenvalue weighted by Crippen LogP contribution is -2.28. The highest BCUT2D eigenvalue weighted by atomic mass is 35.5. The SMILES string of the molecule is CNC(=O)c1nn2c(c1C)CN(c1nc(S(C)(=O)=O)nc3c1CSC(c1cc(C)cc(Cl)c1C(F)(F)F)C3)CCC2. The van der Waals surface area contributed by atoms with Gasteiger partial charge in [0.1, 0.15) is 5.82 Å². The zero-order valence-corrected chi connectivity index (χ0v) is 25.2. The fourth-order valence-corrected chi connectivity index (χ4v) is 7.56. The van der Waals surface area contributed by atoms with Crippen LogP contribution in [0, 0.1) is 13.8 Å². The Morgan fingerprint density at radius 2 is 1.93 bits per heavy atom. The van der Waals surface area contributed by atoms with Crippen LogP contribution in [-0.2, 0) is 41.3 Å². The van der Waals surface area contributed by atoms with Gasteiger partial charge in [-0.05, 0) is 37.5 Å². The maximum atomic E-state index is 14.0. The number of fused-ring (bicyclic) bond motifs is 2. The molecule has 4 heterocycles. The van der Waals surface area contributed by atoms with Gasteiger partial charge in [-0.1, -0.05) is 17.7 Å². The van der Waals surface area contributed by atoms with Crippen molar-refractivity contribution in [3.63, 3.8) is 0 Å². The summed E-state index contributed by atoms with van der Waals surface area (Å²) in [5.41, 5.74) is 2.68. The summed E-state index contributed by atoms with van der Waals surface area (Å²) in [4.78, 5) is 23.1. The Labute approximate surface area is 244 Å². The number of carbonyl (C=O) groups is 1. The van der Waals surface area contributed by atoms with Crippen LogP contribution in [0.15, 0.2) is 17.3 Å². The second-order valence-corrected chi connectivity index (χ2v) is 13.7. The molecule has 1 N–H and O–H groups in total. The molecule has 0 bridgehead atoms. The Morgan fingerprint density at radius 3 is 2.59 bits per heavy atom. The zero-order valence-electron chi connectivity index (χ0n) is 22.8. The molecule has 0 aliphatic carbocycles. The van der Waals surface area contributed by atoms with E-state index in [4.69, 9.17) is 11.6 Å². The maximum Gasteiger partial charge on any atom is 0.418 e. The van der Waals surface area contributed by atoms with Crippen LogP contribution in [0.4, 0.5) is 19.0 Å². The molecule has 3 aromatic rings. The number of hydrogen-bond donors (Lipinski definition) is 1. The van der Waals surface area contributed by atoms with Gasteiger partial charge in [0.05, 0.1) is 28.5 Å². The van der Waals surface area contributed by atoms with Crippen LogP contribution in [0.2, 0.25) is 5.02 Å². The number of carbonyl (C=O) groups excluding carboxylic acids is 1. The van der Waals surface area contributed by atoms with Crippen molar-refractivity contribution in [1.82, 2.24) is 25.1 Å². The molecule has 2 aromatic heterocycles. The number of nitrogens with zero attached hydrogens (tertiary/aromatic N) is 5. The minimum atomic E-state index is -4.66. The van der Waals surface area contributed by atoms with Crippen molar-refractivity contribution in [1.29, 1.82) is 0 Å². The van der Waals surface area contributed by atoms with Crippen LogP contribution in [-0.4, -0.2) is 53.9 Å². The van der Waals surface area contributed by atoms with Crippen LogP contribution in [0.25, 0.3) is 0 Å². The molecular weight excluding hydrogens is 601 g/mol. The molecule has 0 spiro atoms. The van der Waals surface area contributed by atoms with E-state index in [1.54, 1.807) is 11.6 Å². The topological polar surface area (TPSA) is 110 Å². The molecule has 1 atom stereocenters. The van der Waals surface area contributed by atoms with Gasteiger partial charge in [0, 0.05) is 54.9 Å². The predicted molar refractivity (Wildman–Crippen MR) is 150 cm³/mol. The van der Waals surface area contributed by atoms with Gasteiger partial charge in [-0.15, -0.1) is 11.8 Å². The molecule has 0 saturated heterocycles. The third kappa shape index (κ3) is 5.65. The molecule has 2 aliphatic rings. The third-order valence-electron chi connectivity index (χ3n) is 7.29. The van der Waals surface area contributed by atoms with E-state index in [0.717, 1.165) is 11.9 Å². The second-order valence-electron chi connectivity index (χ2n) is 10.2. The van der Waals surface area contributed by atoms with Crippen molar-refractivity contribution >= 4 is 44.9 Å². The minimum absolute atomic E-state index is 0.0512. The summed E-state index contributed by atoms with van der Waals surface area (Å²) in [6.07, 6.45) is -2.92. The monoisotopic (exact) mass is 628 g/mol. The largest absolute Gasteiger partial charge is 0.418 e. The van der Waals surface area contributed by atoms with Gasteiger partial charge in [0.2, 0.25) is 15.0 Å². The molecule has 0 saturated carbocycles. The average Bonchev–Trinajstić information content (AvgIpc) is 3.05. The molecule has 1 aromatic carbocycles. The number of sulfone groups is 1. The molecule has 0 radical (unpaired) electrons. The Hall–Kier alpha value is -2.84. The molecule has 9 nitrogen and oxygen atoms in total. The number of anilines is 1. The van der Waals surface area contributed by atoms with Crippen LogP contribution in [0.3, 0.4) is 0 Å². The van der Waals surface area contributed by atoms with E-state index in [0.29, 0.717) is 60.0 Å². The van der Waals surface area contributed by atoms with Gasteiger partial charge in [-0.2, -0.15) is 18.3 Å². The Morgan fingerprint density at radius 1 is 1.20 bits per heavy atom. The lowest BCUT2D eigenvalue weighted by Gasteiger charge is -2.31. The van der Waals surface area contributed by atoms with Gasteiger partial charge in [-0.3, -0.25) is 9.48 Å². The van der Waals surface area contributed by atoms with Gasteiger partial charge in [-0.25, -0.2) is 18.4 Å². The summed E-state index contributed by atoms with van der Waals surface area (Å²) < 4.78 is 69.2. The first-order valence-electron chi connectivity index (χ1n) is 12.8. The summed E-state index contributed by atoms with van der Waals surface area (Å²) in [6, 6.07) is 2.78. The van der Waals surface area contributed by atoms with Crippen molar-refractivity contribution in [2.45, 2.75) is 62.1 Å². The van der Waals surface area contributed by atoms with Gasteiger partial charge in [0.25, 0.3) is 5.91 Å². The quantitative estimate of drug-likeness (QED) is 0.416. The standard InChI is InChI=1S/C26H28ClF3N6O3S2/c1-13-8-15(21(17(27)9-13)26(28,29)30)20-10-18-16(12-40-20)23(33-25(32-18)41(4,38)39)35-6-5-7-36-19(11-35)14(2)22(34-36)24(37)31-3/h8-9,20H,5-7,10-12H2,1-4H3,(H,31,37). The van der Waals surface area contributed by atoms with Crippen molar-refractivity contribution in [3.05, 3.63) is 62.1 Å². The summed E-state index contributed by atoms with van der Waals surface area (Å²) in [5.74, 6) is 0.404. The van der Waals surface area contributed by atoms with E-state index in [1.165, 1.54) is 30.9 Å². The number of nitrogens with one attached hydrogen (secondary N) is 1. The number of thioether (sulfide) groups is 1. The van der Waals surface area contributed by atoms with Crippen molar-refractivity contribution in [2.24, 2.45) is 0 Å². The lowest BCUT2D eigenvalue weighted by atomic mass is 9.97. The van der Waals surface area contributed by atoms with Crippen molar-refractivity contribution in [2.75, 3.05) is 24.7 Å². The lowest BCUT2D eigenvalue weighted by molar-refractivity contribution is -0.138. The number of aromatic nitrogens is 4. The van der Waals surface area contributed by atoms with Crippen LogP contribution in [0.5, 0.6) is 0 Å². The van der Waals surface area contributed by atoms with E-state index >= 15 is 0 Å². The average molecular weight is 629 g/mol. The highest BCUT2D eigenvalue weighted by Crippen LogP contribution is 2.48. The third-order valence-corrected chi connectivity index (χ3v) is 9.71. The first kappa shape index (κ1) is 29.6. The molecule has 220 valence electrons. The molecule has 1 unspecified atom stereocenters.